The quantitative estimate of drug-likeness (QED) is 0.754. The number of aliphatic hydroxyl groups excluding tert-OH is 1. The maximum Gasteiger partial charge on any atom is 0.266 e. The average molecular weight is 351 g/mol. The van der Waals surface area contributed by atoms with Crippen LogP contribution in [0.15, 0.2) is 59.6 Å². The van der Waals surface area contributed by atoms with Gasteiger partial charge in [0.25, 0.3) is 5.91 Å². The second kappa shape index (κ2) is 8.74. The lowest BCUT2D eigenvalue weighted by molar-refractivity contribution is -0.120. The van der Waals surface area contributed by atoms with Crippen molar-refractivity contribution in [1.29, 1.82) is 0 Å². The highest BCUT2D eigenvalue weighted by Gasteiger charge is 2.29. The normalized spacial score (nSPS) is 16.8. The highest BCUT2D eigenvalue weighted by atomic mass is 16.2. The number of carbonyl (C=O) groups is 1. The number of benzene rings is 2. The molecule has 5 nitrogen and oxygen atoms in total. The van der Waals surface area contributed by atoms with E-state index in [4.69, 9.17) is 10.1 Å². The summed E-state index contributed by atoms with van der Waals surface area (Å²) >= 11 is 0. The lowest BCUT2D eigenvalue weighted by Gasteiger charge is -2.20. The van der Waals surface area contributed by atoms with Gasteiger partial charge in [-0.2, -0.15) is 0 Å². The number of aliphatic imine (C=N–C) groups is 1. The van der Waals surface area contributed by atoms with Crippen LogP contribution in [-0.4, -0.2) is 43.1 Å². The van der Waals surface area contributed by atoms with Gasteiger partial charge in [-0.3, -0.25) is 15.1 Å². The molecule has 0 fully saturated rings. The van der Waals surface area contributed by atoms with Crippen molar-refractivity contribution in [1.82, 2.24) is 5.32 Å². The monoisotopic (exact) mass is 351 g/mol. The Bertz CT molecular complexity index is 774. The van der Waals surface area contributed by atoms with Gasteiger partial charge in [0.15, 0.2) is 6.17 Å². The van der Waals surface area contributed by atoms with Crippen molar-refractivity contribution in [2.75, 3.05) is 25.1 Å². The standard InChI is InChI=1S/C21H25N3O2/c1-24-18-13-7-6-12-17(18)19(16-10-4-2-5-11-16)23-20(21(24)26)22-14-8-3-9-15-25/h2,4-7,10-13,20,22,25H,3,8-9,14-15H2,1H3/t20-/m1/s1. The number of fused-ring (bicyclic) bond motifs is 1. The van der Waals surface area contributed by atoms with Crippen LogP contribution in [0.5, 0.6) is 0 Å². The molecule has 3 rings (SSSR count). The molecular weight excluding hydrogens is 326 g/mol. The average Bonchev–Trinajstić information content (AvgIpc) is 2.79. The predicted molar refractivity (Wildman–Crippen MR) is 105 cm³/mol. The largest absolute Gasteiger partial charge is 0.396 e. The van der Waals surface area contributed by atoms with Crippen LogP contribution in [0, 0.1) is 0 Å². The van der Waals surface area contributed by atoms with E-state index >= 15 is 0 Å². The first-order valence-corrected chi connectivity index (χ1v) is 9.07. The third-order valence-electron chi connectivity index (χ3n) is 4.56. The minimum absolute atomic E-state index is 0.0643. The Morgan fingerprint density at radius 1 is 1.04 bits per heavy atom. The molecule has 2 aromatic carbocycles. The number of nitrogens with one attached hydrogen (secondary N) is 1. The molecule has 1 amide bonds. The number of carbonyl (C=O) groups excluding carboxylic acids is 1. The number of para-hydroxylation sites is 1. The summed E-state index contributed by atoms with van der Waals surface area (Å²) in [5.74, 6) is -0.0643. The molecule has 136 valence electrons. The number of anilines is 1. The summed E-state index contributed by atoms with van der Waals surface area (Å²) in [6, 6.07) is 17.8. The van der Waals surface area contributed by atoms with E-state index in [-0.39, 0.29) is 12.5 Å². The minimum atomic E-state index is -0.614. The van der Waals surface area contributed by atoms with Crippen molar-refractivity contribution >= 4 is 17.3 Å². The van der Waals surface area contributed by atoms with Gasteiger partial charge in [0.2, 0.25) is 0 Å². The smallest absolute Gasteiger partial charge is 0.266 e. The summed E-state index contributed by atoms with van der Waals surface area (Å²) in [5.41, 5.74) is 3.64. The number of unbranched alkanes of at least 4 members (excludes halogenated alkanes) is 2. The molecule has 0 unspecified atom stereocenters. The van der Waals surface area contributed by atoms with Crippen LogP contribution in [0.4, 0.5) is 5.69 Å². The minimum Gasteiger partial charge on any atom is -0.396 e. The Balaban J connectivity index is 1.93. The molecule has 0 radical (unpaired) electrons. The maximum absolute atomic E-state index is 12.9. The van der Waals surface area contributed by atoms with Crippen LogP contribution in [0.3, 0.4) is 0 Å². The van der Waals surface area contributed by atoms with Crippen LogP contribution in [0.25, 0.3) is 0 Å². The molecule has 0 aromatic heterocycles. The van der Waals surface area contributed by atoms with Gasteiger partial charge < -0.3 is 10.0 Å². The van der Waals surface area contributed by atoms with Crippen LogP contribution in [0.2, 0.25) is 0 Å². The Kier molecular flexibility index (Phi) is 6.15. The Hall–Kier alpha value is -2.50. The molecule has 0 saturated heterocycles. The summed E-state index contributed by atoms with van der Waals surface area (Å²) in [4.78, 5) is 19.4. The van der Waals surface area contributed by atoms with Crippen molar-refractivity contribution in [3.8, 4) is 0 Å². The number of hydrogen-bond acceptors (Lipinski definition) is 4. The highest BCUT2D eigenvalue weighted by molar-refractivity contribution is 6.19. The molecule has 0 saturated carbocycles. The molecule has 1 aliphatic heterocycles. The fourth-order valence-electron chi connectivity index (χ4n) is 3.13. The van der Waals surface area contributed by atoms with Crippen molar-refractivity contribution in [2.24, 2.45) is 4.99 Å². The molecule has 5 heteroatoms. The van der Waals surface area contributed by atoms with Crippen molar-refractivity contribution in [3.05, 3.63) is 65.7 Å². The zero-order chi connectivity index (χ0) is 18.4. The predicted octanol–water partition coefficient (Wildman–Crippen LogP) is 2.58. The number of likely N-dealkylation sites (N-methyl/N-ethyl adjacent to an activating group) is 1. The maximum atomic E-state index is 12.9. The molecule has 0 bridgehead atoms. The number of aliphatic hydroxyl groups is 1. The van der Waals surface area contributed by atoms with Crippen LogP contribution in [-0.2, 0) is 4.79 Å². The molecule has 1 aliphatic rings. The van der Waals surface area contributed by atoms with Gasteiger partial charge in [0.1, 0.15) is 0 Å². The molecule has 2 N–H and O–H groups in total. The fraction of sp³-hybridized carbons (Fsp3) is 0.333. The van der Waals surface area contributed by atoms with Crippen molar-refractivity contribution in [3.63, 3.8) is 0 Å². The lowest BCUT2D eigenvalue weighted by atomic mass is 10.0. The molecule has 26 heavy (non-hydrogen) atoms. The van der Waals surface area contributed by atoms with E-state index in [9.17, 15) is 4.79 Å². The first kappa shape index (κ1) is 18.3. The van der Waals surface area contributed by atoms with E-state index < -0.39 is 6.17 Å². The summed E-state index contributed by atoms with van der Waals surface area (Å²) in [6.07, 6.45) is 1.99. The topological polar surface area (TPSA) is 64.9 Å². The lowest BCUT2D eigenvalue weighted by Crippen LogP contribution is -2.43. The summed E-state index contributed by atoms with van der Waals surface area (Å²) in [7, 11) is 1.80. The zero-order valence-corrected chi connectivity index (χ0v) is 15.1. The van der Waals surface area contributed by atoms with E-state index in [1.54, 1.807) is 11.9 Å². The van der Waals surface area contributed by atoms with Crippen LogP contribution < -0.4 is 10.2 Å². The fourth-order valence-corrected chi connectivity index (χ4v) is 3.13. The Labute approximate surface area is 154 Å². The molecule has 0 spiro atoms. The van der Waals surface area contributed by atoms with Gasteiger partial charge in [-0.25, -0.2) is 0 Å². The molecule has 0 aliphatic carbocycles. The zero-order valence-electron chi connectivity index (χ0n) is 15.1. The van der Waals surface area contributed by atoms with Gasteiger partial charge >= 0.3 is 0 Å². The van der Waals surface area contributed by atoms with E-state index in [0.29, 0.717) is 6.54 Å². The van der Waals surface area contributed by atoms with Gasteiger partial charge in [-0.1, -0.05) is 48.5 Å². The SMILES string of the molecule is CN1C(=O)[C@H](NCCCCCO)N=C(c2ccccc2)c2ccccc21. The molecular formula is C21H25N3O2. The molecule has 1 heterocycles. The van der Waals surface area contributed by atoms with Crippen LogP contribution >= 0.6 is 0 Å². The second-order valence-corrected chi connectivity index (χ2v) is 6.40. The van der Waals surface area contributed by atoms with E-state index in [2.05, 4.69) is 5.32 Å². The van der Waals surface area contributed by atoms with Crippen molar-refractivity contribution in [2.45, 2.75) is 25.4 Å². The second-order valence-electron chi connectivity index (χ2n) is 6.40. The van der Waals surface area contributed by atoms with Gasteiger partial charge in [0.05, 0.1) is 11.4 Å². The number of nitrogens with zero attached hydrogens (tertiary/aromatic N) is 2. The van der Waals surface area contributed by atoms with Crippen LogP contribution in [0.1, 0.15) is 30.4 Å². The van der Waals surface area contributed by atoms with E-state index in [1.165, 1.54) is 0 Å². The third-order valence-corrected chi connectivity index (χ3v) is 4.56. The Morgan fingerprint density at radius 3 is 2.54 bits per heavy atom. The number of rotatable bonds is 7. The number of benzodiazepines with no additional fused rings is 1. The van der Waals surface area contributed by atoms with Gasteiger partial charge in [-0.15, -0.1) is 0 Å². The summed E-state index contributed by atoms with van der Waals surface area (Å²) in [6.45, 7) is 0.892. The molecule has 2 aromatic rings. The van der Waals surface area contributed by atoms with Gasteiger partial charge in [-0.05, 0) is 31.9 Å². The van der Waals surface area contributed by atoms with E-state index in [0.717, 1.165) is 41.8 Å². The first-order chi connectivity index (χ1) is 12.7. The highest BCUT2D eigenvalue weighted by Crippen LogP contribution is 2.27. The number of amides is 1. The third kappa shape index (κ3) is 4.00. The molecule has 1 atom stereocenters. The van der Waals surface area contributed by atoms with Gasteiger partial charge in [0, 0.05) is 24.8 Å². The number of hydrogen-bond donors (Lipinski definition) is 2. The van der Waals surface area contributed by atoms with E-state index in [1.807, 2.05) is 54.6 Å². The summed E-state index contributed by atoms with van der Waals surface area (Å²) in [5, 5.41) is 12.2. The Morgan fingerprint density at radius 2 is 1.77 bits per heavy atom. The van der Waals surface area contributed by atoms with Crippen molar-refractivity contribution < 1.29 is 9.90 Å². The summed E-state index contributed by atoms with van der Waals surface area (Å²) < 4.78 is 0. The first-order valence-electron chi connectivity index (χ1n) is 9.07.